The molecule has 0 aliphatic heterocycles. The van der Waals surface area contributed by atoms with Crippen LogP contribution in [0.15, 0.2) is 24.3 Å². The predicted molar refractivity (Wildman–Crippen MR) is 57.7 cm³/mol. The van der Waals surface area contributed by atoms with Gasteiger partial charge in [0.15, 0.2) is 0 Å². The van der Waals surface area contributed by atoms with Gasteiger partial charge in [0.25, 0.3) is 0 Å². The fourth-order valence-corrected chi connectivity index (χ4v) is 1.56. The Hall–Kier alpha value is -1.48. The predicted octanol–water partition coefficient (Wildman–Crippen LogP) is 2.48. The SMILES string of the molecule is COc1nc2ccccc2c(Cl)c1N. The molecule has 3 nitrogen and oxygen atoms in total. The van der Waals surface area contributed by atoms with Gasteiger partial charge >= 0.3 is 0 Å². The van der Waals surface area contributed by atoms with Crippen molar-refractivity contribution in [2.75, 3.05) is 12.8 Å². The minimum atomic E-state index is 0.369. The number of nitrogen functional groups attached to an aromatic ring is 1. The number of anilines is 1. The van der Waals surface area contributed by atoms with Gasteiger partial charge in [-0.05, 0) is 6.07 Å². The quantitative estimate of drug-likeness (QED) is 0.783. The zero-order chi connectivity index (χ0) is 10.1. The van der Waals surface area contributed by atoms with E-state index in [2.05, 4.69) is 4.98 Å². The van der Waals surface area contributed by atoms with Crippen molar-refractivity contribution in [3.8, 4) is 5.88 Å². The molecule has 1 aromatic heterocycles. The molecule has 2 rings (SSSR count). The number of methoxy groups -OCH3 is 1. The highest BCUT2D eigenvalue weighted by Crippen LogP contribution is 2.33. The summed E-state index contributed by atoms with van der Waals surface area (Å²) >= 11 is 6.06. The largest absolute Gasteiger partial charge is 0.479 e. The van der Waals surface area contributed by atoms with E-state index in [1.807, 2.05) is 24.3 Å². The Labute approximate surface area is 86.5 Å². The summed E-state index contributed by atoms with van der Waals surface area (Å²) in [6, 6.07) is 7.52. The van der Waals surface area contributed by atoms with Crippen molar-refractivity contribution in [1.29, 1.82) is 0 Å². The lowest BCUT2D eigenvalue weighted by molar-refractivity contribution is 0.402. The van der Waals surface area contributed by atoms with Crippen LogP contribution in [-0.2, 0) is 0 Å². The van der Waals surface area contributed by atoms with Crippen LogP contribution < -0.4 is 10.5 Å². The number of rotatable bonds is 1. The molecule has 0 saturated heterocycles. The van der Waals surface area contributed by atoms with E-state index in [0.29, 0.717) is 16.6 Å². The third-order valence-corrected chi connectivity index (χ3v) is 2.43. The zero-order valence-electron chi connectivity index (χ0n) is 7.62. The Kier molecular flexibility index (Phi) is 2.17. The van der Waals surface area contributed by atoms with Crippen LogP contribution in [0.3, 0.4) is 0 Å². The maximum Gasteiger partial charge on any atom is 0.239 e. The molecule has 4 heteroatoms. The molecule has 0 bridgehead atoms. The van der Waals surface area contributed by atoms with Crippen molar-refractivity contribution in [3.05, 3.63) is 29.3 Å². The van der Waals surface area contributed by atoms with Gasteiger partial charge in [0, 0.05) is 5.39 Å². The molecule has 1 aromatic carbocycles. The van der Waals surface area contributed by atoms with E-state index < -0.39 is 0 Å². The summed E-state index contributed by atoms with van der Waals surface area (Å²) < 4.78 is 5.01. The van der Waals surface area contributed by atoms with Gasteiger partial charge in [-0.2, -0.15) is 0 Å². The van der Waals surface area contributed by atoms with E-state index in [9.17, 15) is 0 Å². The second kappa shape index (κ2) is 3.35. The van der Waals surface area contributed by atoms with Gasteiger partial charge in [-0.3, -0.25) is 0 Å². The number of pyridine rings is 1. The lowest BCUT2D eigenvalue weighted by atomic mass is 10.2. The third-order valence-electron chi connectivity index (χ3n) is 2.02. The molecule has 0 fully saturated rings. The number of nitrogens with zero attached hydrogens (tertiary/aromatic N) is 1. The summed E-state index contributed by atoms with van der Waals surface area (Å²) in [6.45, 7) is 0. The fraction of sp³-hybridized carbons (Fsp3) is 0.100. The van der Waals surface area contributed by atoms with Gasteiger partial charge in [-0.1, -0.05) is 29.8 Å². The minimum Gasteiger partial charge on any atom is -0.479 e. The highest BCUT2D eigenvalue weighted by Gasteiger charge is 2.10. The minimum absolute atomic E-state index is 0.369. The molecule has 0 saturated carbocycles. The monoisotopic (exact) mass is 208 g/mol. The van der Waals surface area contributed by atoms with Gasteiger partial charge < -0.3 is 10.5 Å². The molecule has 0 aliphatic rings. The van der Waals surface area contributed by atoms with Crippen LogP contribution in [0.4, 0.5) is 5.69 Å². The Morgan fingerprint density at radius 1 is 1.36 bits per heavy atom. The first-order valence-corrected chi connectivity index (χ1v) is 4.49. The number of para-hydroxylation sites is 1. The average Bonchev–Trinajstić information content (AvgIpc) is 2.23. The first kappa shape index (κ1) is 9.09. The van der Waals surface area contributed by atoms with E-state index in [0.717, 1.165) is 10.9 Å². The molecule has 1 heterocycles. The molecule has 0 aliphatic carbocycles. The standard InChI is InChI=1S/C10H9ClN2O/c1-14-10-9(12)8(11)6-4-2-3-5-7(6)13-10/h2-5H,12H2,1H3. The third kappa shape index (κ3) is 1.26. The van der Waals surface area contributed by atoms with Gasteiger partial charge in [-0.25, -0.2) is 4.98 Å². The first-order valence-electron chi connectivity index (χ1n) is 4.11. The average molecular weight is 209 g/mol. The summed E-state index contributed by atoms with van der Waals surface area (Å²) in [6.07, 6.45) is 0. The van der Waals surface area contributed by atoms with Gasteiger partial charge in [0.1, 0.15) is 5.69 Å². The van der Waals surface area contributed by atoms with E-state index >= 15 is 0 Å². The normalized spacial score (nSPS) is 10.4. The number of nitrogens with two attached hydrogens (primary N) is 1. The van der Waals surface area contributed by atoms with E-state index in [4.69, 9.17) is 22.1 Å². The maximum absolute atomic E-state index is 6.06. The molecular formula is C10H9ClN2O. The lowest BCUT2D eigenvalue weighted by Gasteiger charge is -2.07. The van der Waals surface area contributed by atoms with Crippen LogP contribution in [0.5, 0.6) is 5.88 Å². The van der Waals surface area contributed by atoms with Crippen molar-refractivity contribution >= 4 is 28.2 Å². The molecule has 14 heavy (non-hydrogen) atoms. The number of benzene rings is 1. The summed E-state index contributed by atoms with van der Waals surface area (Å²) in [5, 5.41) is 1.33. The number of aromatic nitrogens is 1. The molecule has 72 valence electrons. The van der Waals surface area contributed by atoms with Crippen molar-refractivity contribution in [3.63, 3.8) is 0 Å². The maximum atomic E-state index is 6.06. The smallest absolute Gasteiger partial charge is 0.239 e. The fourth-order valence-electron chi connectivity index (χ4n) is 1.32. The lowest BCUT2D eigenvalue weighted by Crippen LogP contribution is -1.97. The Balaban J connectivity index is 2.85. The Bertz CT molecular complexity index is 485. The van der Waals surface area contributed by atoms with Crippen molar-refractivity contribution in [2.45, 2.75) is 0 Å². The second-order valence-electron chi connectivity index (χ2n) is 2.87. The Morgan fingerprint density at radius 3 is 2.79 bits per heavy atom. The molecule has 2 N–H and O–H groups in total. The number of fused-ring (bicyclic) bond motifs is 1. The van der Waals surface area contributed by atoms with Crippen molar-refractivity contribution < 1.29 is 4.74 Å². The van der Waals surface area contributed by atoms with Crippen molar-refractivity contribution in [1.82, 2.24) is 4.98 Å². The van der Waals surface area contributed by atoms with Crippen LogP contribution in [0, 0.1) is 0 Å². The van der Waals surface area contributed by atoms with E-state index in [-0.39, 0.29) is 0 Å². The molecule has 0 spiro atoms. The van der Waals surface area contributed by atoms with E-state index in [1.165, 1.54) is 7.11 Å². The topological polar surface area (TPSA) is 48.1 Å². The first-order chi connectivity index (χ1) is 6.74. The number of hydrogen-bond acceptors (Lipinski definition) is 3. The van der Waals surface area contributed by atoms with Crippen LogP contribution in [0.2, 0.25) is 5.02 Å². The molecule has 0 amide bonds. The van der Waals surface area contributed by atoms with Crippen LogP contribution in [-0.4, -0.2) is 12.1 Å². The zero-order valence-corrected chi connectivity index (χ0v) is 8.38. The van der Waals surface area contributed by atoms with Gasteiger partial charge in [0.05, 0.1) is 17.6 Å². The van der Waals surface area contributed by atoms with Gasteiger partial charge in [0.2, 0.25) is 5.88 Å². The summed E-state index contributed by atoms with van der Waals surface area (Å²) in [5.41, 5.74) is 6.90. The second-order valence-corrected chi connectivity index (χ2v) is 3.24. The Morgan fingerprint density at radius 2 is 2.07 bits per heavy atom. The van der Waals surface area contributed by atoms with Crippen LogP contribution in [0.1, 0.15) is 0 Å². The van der Waals surface area contributed by atoms with Gasteiger partial charge in [-0.15, -0.1) is 0 Å². The highest BCUT2D eigenvalue weighted by atomic mass is 35.5. The molecule has 0 radical (unpaired) electrons. The molecule has 0 atom stereocenters. The van der Waals surface area contributed by atoms with E-state index in [1.54, 1.807) is 0 Å². The van der Waals surface area contributed by atoms with Crippen LogP contribution in [0.25, 0.3) is 10.9 Å². The number of ether oxygens (including phenoxy) is 1. The molecule has 2 aromatic rings. The summed E-state index contributed by atoms with van der Waals surface area (Å²) in [5.74, 6) is 0.369. The highest BCUT2D eigenvalue weighted by molar-refractivity contribution is 6.38. The van der Waals surface area contributed by atoms with Crippen LogP contribution >= 0.6 is 11.6 Å². The molecule has 0 unspecified atom stereocenters. The summed E-state index contributed by atoms with van der Waals surface area (Å²) in [4.78, 5) is 4.22. The number of hydrogen-bond donors (Lipinski definition) is 1. The van der Waals surface area contributed by atoms with Crippen molar-refractivity contribution in [2.24, 2.45) is 0 Å². The molecular weight excluding hydrogens is 200 g/mol. The summed E-state index contributed by atoms with van der Waals surface area (Å²) in [7, 11) is 1.52. The number of halogens is 1.